The van der Waals surface area contributed by atoms with Crippen molar-refractivity contribution in [3.8, 4) is 0 Å². The van der Waals surface area contributed by atoms with Crippen LogP contribution in [0.15, 0.2) is 18.2 Å². The summed E-state index contributed by atoms with van der Waals surface area (Å²) in [7, 11) is 0. The molecule has 2 N–H and O–H groups in total. The van der Waals surface area contributed by atoms with E-state index in [1.165, 1.54) is 6.92 Å². The average molecular weight is 297 g/mol. The summed E-state index contributed by atoms with van der Waals surface area (Å²) in [6, 6.07) is 5.98. The minimum atomic E-state index is -0.0205. The second-order valence-corrected chi connectivity index (χ2v) is 5.61. The minimum Gasteiger partial charge on any atom is -0.372 e. The minimum absolute atomic E-state index is 0.0136. The molecule has 0 radical (unpaired) electrons. The van der Waals surface area contributed by atoms with E-state index in [0.717, 1.165) is 29.2 Å². The van der Waals surface area contributed by atoms with Gasteiger partial charge in [0, 0.05) is 37.5 Å². The number of aryl methyl sites for hydroxylation is 1. The van der Waals surface area contributed by atoms with Crippen molar-refractivity contribution < 1.29 is 9.53 Å². The molecule has 0 bridgehead atoms. The molecule has 0 spiro atoms. The van der Waals surface area contributed by atoms with Gasteiger partial charge >= 0.3 is 0 Å². The molecule has 1 heterocycles. The third-order valence-electron chi connectivity index (χ3n) is 3.53. The average Bonchev–Trinajstić information content (AvgIpc) is 2.65. The van der Waals surface area contributed by atoms with Crippen molar-refractivity contribution in [2.45, 2.75) is 20.0 Å². The zero-order valence-corrected chi connectivity index (χ0v) is 12.7. The van der Waals surface area contributed by atoms with E-state index in [1.54, 1.807) is 0 Å². The maximum atomic E-state index is 11.1. The number of rotatable bonds is 3. The topological polar surface area (TPSA) is 50.4 Å². The summed E-state index contributed by atoms with van der Waals surface area (Å²) in [5, 5.41) is 6.99. The summed E-state index contributed by atoms with van der Waals surface area (Å²) >= 11 is 6.08. The predicted octanol–water partition coefficient (Wildman–Crippen LogP) is 2.06. The van der Waals surface area contributed by atoms with Crippen LogP contribution in [0.25, 0.3) is 0 Å². The Morgan fingerprint density at radius 3 is 3.05 bits per heavy atom. The van der Waals surface area contributed by atoms with Gasteiger partial charge in [0.2, 0.25) is 5.91 Å². The summed E-state index contributed by atoms with van der Waals surface area (Å²) in [4.78, 5) is 11.1. The van der Waals surface area contributed by atoms with Gasteiger partial charge in [-0.25, -0.2) is 0 Å². The van der Waals surface area contributed by atoms with Gasteiger partial charge in [-0.2, -0.15) is 0 Å². The lowest BCUT2D eigenvalue weighted by molar-refractivity contribution is -0.119. The molecule has 1 saturated heterocycles. The molecule has 1 aliphatic rings. The van der Waals surface area contributed by atoms with E-state index in [0.29, 0.717) is 13.2 Å². The highest BCUT2D eigenvalue weighted by atomic mass is 35.5. The fraction of sp³-hybridized carbons (Fsp3) is 0.533. The smallest absolute Gasteiger partial charge is 0.216 e. The first kappa shape index (κ1) is 15.3. The Kier molecular flexibility index (Phi) is 5.40. The monoisotopic (exact) mass is 296 g/mol. The Labute approximate surface area is 124 Å². The highest BCUT2D eigenvalue weighted by molar-refractivity contribution is 6.31. The van der Waals surface area contributed by atoms with Crippen LogP contribution in [0.1, 0.15) is 24.2 Å². The lowest BCUT2D eigenvalue weighted by Crippen LogP contribution is -2.35. The van der Waals surface area contributed by atoms with Crippen molar-refractivity contribution in [3.63, 3.8) is 0 Å². The molecule has 5 heteroatoms. The molecule has 0 saturated carbocycles. The molecule has 4 nitrogen and oxygen atoms in total. The highest BCUT2D eigenvalue weighted by Gasteiger charge is 2.26. The van der Waals surface area contributed by atoms with Gasteiger partial charge in [0.05, 0.1) is 12.7 Å². The van der Waals surface area contributed by atoms with E-state index in [2.05, 4.69) is 16.7 Å². The van der Waals surface area contributed by atoms with Gasteiger partial charge in [0.15, 0.2) is 0 Å². The lowest BCUT2D eigenvalue weighted by Gasteiger charge is -2.25. The molecular formula is C15H21ClN2O2. The van der Waals surface area contributed by atoms with Crippen LogP contribution >= 0.6 is 11.6 Å². The number of halogens is 1. The number of carbonyl (C=O) groups excluding carboxylic acids is 1. The van der Waals surface area contributed by atoms with Crippen LogP contribution in [0.2, 0.25) is 5.02 Å². The fourth-order valence-electron chi connectivity index (χ4n) is 2.46. The molecular weight excluding hydrogens is 276 g/mol. The molecule has 2 rings (SSSR count). The van der Waals surface area contributed by atoms with Gasteiger partial charge in [-0.1, -0.05) is 23.7 Å². The van der Waals surface area contributed by atoms with Crippen LogP contribution in [0.3, 0.4) is 0 Å². The summed E-state index contributed by atoms with van der Waals surface area (Å²) in [5.74, 6) is 0.197. The van der Waals surface area contributed by atoms with Crippen LogP contribution in [0.5, 0.6) is 0 Å². The van der Waals surface area contributed by atoms with Gasteiger partial charge < -0.3 is 15.4 Å². The third kappa shape index (κ3) is 3.95. The fourth-order valence-corrected chi connectivity index (χ4v) is 2.57. The molecule has 20 heavy (non-hydrogen) atoms. The highest BCUT2D eigenvalue weighted by Crippen LogP contribution is 2.29. The number of hydrogen-bond acceptors (Lipinski definition) is 3. The van der Waals surface area contributed by atoms with Crippen LogP contribution in [-0.2, 0) is 9.53 Å². The second-order valence-electron chi connectivity index (χ2n) is 5.20. The Morgan fingerprint density at radius 2 is 2.35 bits per heavy atom. The van der Waals surface area contributed by atoms with E-state index >= 15 is 0 Å². The van der Waals surface area contributed by atoms with Crippen LogP contribution < -0.4 is 10.6 Å². The molecule has 0 aromatic heterocycles. The first-order valence-electron chi connectivity index (χ1n) is 6.90. The SMILES string of the molecule is CC(=O)NCC1CNCCOC1c1ccc(Cl)c(C)c1. The third-order valence-corrected chi connectivity index (χ3v) is 3.96. The Morgan fingerprint density at radius 1 is 1.55 bits per heavy atom. The molecule has 1 amide bonds. The van der Waals surface area contributed by atoms with E-state index in [-0.39, 0.29) is 17.9 Å². The van der Waals surface area contributed by atoms with Gasteiger partial charge in [-0.05, 0) is 24.1 Å². The first-order valence-corrected chi connectivity index (χ1v) is 7.28. The number of nitrogens with one attached hydrogen (secondary N) is 2. The van der Waals surface area contributed by atoms with Crippen LogP contribution in [0.4, 0.5) is 0 Å². The molecule has 2 atom stereocenters. The molecule has 1 aromatic rings. The van der Waals surface area contributed by atoms with Gasteiger partial charge in [-0.3, -0.25) is 4.79 Å². The largest absolute Gasteiger partial charge is 0.372 e. The molecule has 2 unspecified atom stereocenters. The van der Waals surface area contributed by atoms with Gasteiger partial charge in [0.25, 0.3) is 0 Å². The van der Waals surface area contributed by atoms with Crippen molar-refractivity contribution in [1.29, 1.82) is 0 Å². The van der Waals surface area contributed by atoms with E-state index in [1.807, 2.05) is 19.1 Å². The zero-order valence-electron chi connectivity index (χ0n) is 11.9. The van der Waals surface area contributed by atoms with Gasteiger partial charge in [-0.15, -0.1) is 0 Å². The summed E-state index contributed by atoms with van der Waals surface area (Å²) in [5.41, 5.74) is 2.16. The van der Waals surface area contributed by atoms with E-state index < -0.39 is 0 Å². The normalized spacial score (nSPS) is 23.1. The van der Waals surface area contributed by atoms with Crippen molar-refractivity contribution in [2.75, 3.05) is 26.2 Å². The zero-order chi connectivity index (χ0) is 14.5. The van der Waals surface area contributed by atoms with Crippen molar-refractivity contribution >= 4 is 17.5 Å². The van der Waals surface area contributed by atoms with E-state index in [4.69, 9.17) is 16.3 Å². The van der Waals surface area contributed by atoms with Crippen LogP contribution in [-0.4, -0.2) is 32.1 Å². The molecule has 110 valence electrons. The standard InChI is InChI=1S/C15H21ClN2O2/c1-10-7-12(3-4-14(10)16)15-13(9-18-11(2)19)8-17-5-6-20-15/h3-4,7,13,15,17H,5-6,8-9H2,1-2H3,(H,18,19). The maximum Gasteiger partial charge on any atom is 0.216 e. The molecule has 1 fully saturated rings. The number of amides is 1. The summed E-state index contributed by atoms with van der Waals surface area (Å²) in [6.45, 7) is 6.46. The Bertz CT molecular complexity index is 479. The molecule has 0 aliphatic carbocycles. The van der Waals surface area contributed by atoms with Crippen molar-refractivity contribution in [2.24, 2.45) is 5.92 Å². The number of ether oxygens (including phenoxy) is 1. The first-order chi connectivity index (χ1) is 9.58. The van der Waals surface area contributed by atoms with E-state index in [9.17, 15) is 4.79 Å². The second kappa shape index (κ2) is 7.07. The lowest BCUT2D eigenvalue weighted by atomic mass is 9.94. The quantitative estimate of drug-likeness (QED) is 0.898. The number of carbonyl (C=O) groups is 1. The van der Waals surface area contributed by atoms with Crippen molar-refractivity contribution in [3.05, 3.63) is 34.3 Å². The van der Waals surface area contributed by atoms with Crippen molar-refractivity contribution in [1.82, 2.24) is 10.6 Å². The predicted molar refractivity (Wildman–Crippen MR) is 79.9 cm³/mol. The Balaban J connectivity index is 2.18. The number of hydrogen-bond donors (Lipinski definition) is 2. The summed E-state index contributed by atoms with van der Waals surface area (Å²) < 4.78 is 5.97. The van der Waals surface area contributed by atoms with Gasteiger partial charge in [0.1, 0.15) is 0 Å². The Hall–Kier alpha value is -1.10. The molecule has 1 aromatic carbocycles. The van der Waals surface area contributed by atoms with Crippen LogP contribution in [0, 0.1) is 12.8 Å². The molecule has 1 aliphatic heterocycles. The summed E-state index contributed by atoms with van der Waals surface area (Å²) in [6.07, 6.45) is -0.0205. The maximum absolute atomic E-state index is 11.1. The number of benzene rings is 1.